The van der Waals surface area contributed by atoms with Crippen LogP contribution >= 0.6 is 23.2 Å². The van der Waals surface area contributed by atoms with E-state index < -0.39 is 6.04 Å². The molecule has 1 atom stereocenters. The topological polar surface area (TPSA) is 46.6 Å². The Hall–Kier alpha value is -1.26. The van der Waals surface area contributed by atoms with Gasteiger partial charge in [0.15, 0.2) is 0 Å². The van der Waals surface area contributed by atoms with Gasteiger partial charge in [-0.3, -0.25) is 4.79 Å². The number of nitrogens with zero attached hydrogens (tertiary/aromatic N) is 1. The Morgan fingerprint density at radius 2 is 1.85 bits per heavy atom. The summed E-state index contributed by atoms with van der Waals surface area (Å²) in [6.07, 6.45) is 2.39. The summed E-state index contributed by atoms with van der Waals surface area (Å²) in [5, 5.41) is 0.792. The lowest BCUT2D eigenvalue weighted by Crippen LogP contribution is -2.48. The number of hydrogen-bond donors (Lipinski definition) is 0. The van der Waals surface area contributed by atoms with E-state index in [4.69, 9.17) is 27.9 Å². The Morgan fingerprint density at radius 1 is 1.20 bits per heavy atom. The van der Waals surface area contributed by atoms with E-state index in [1.807, 2.05) is 0 Å². The highest BCUT2D eigenvalue weighted by Crippen LogP contribution is 2.24. The van der Waals surface area contributed by atoms with Gasteiger partial charge in [0.2, 0.25) is 0 Å². The van der Waals surface area contributed by atoms with Crippen LogP contribution in [0.15, 0.2) is 18.2 Å². The van der Waals surface area contributed by atoms with Crippen LogP contribution in [0, 0.1) is 0 Å². The Balaban J connectivity index is 2.27. The molecule has 0 radical (unpaired) electrons. The van der Waals surface area contributed by atoms with Crippen LogP contribution in [0.5, 0.6) is 0 Å². The molecule has 0 spiro atoms. The third-order valence-electron chi connectivity index (χ3n) is 3.35. The van der Waals surface area contributed by atoms with E-state index in [2.05, 4.69) is 0 Å². The summed E-state index contributed by atoms with van der Waals surface area (Å²) in [4.78, 5) is 25.9. The zero-order chi connectivity index (χ0) is 14.7. The lowest BCUT2D eigenvalue weighted by Gasteiger charge is -2.33. The number of halogens is 2. The normalized spacial score (nSPS) is 18.8. The largest absolute Gasteiger partial charge is 0.467 e. The van der Waals surface area contributed by atoms with Gasteiger partial charge in [-0.2, -0.15) is 0 Å². The fourth-order valence-corrected chi connectivity index (χ4v) is 2.92. The van der Waals surface area contributed by atoms with Crippen molar-refractivity contribution in [1.29, 1.82) is 0 Å². The van der Waals surface area contributed by atoms with Gasteiger partial charge in [-0.15, -0.1) is 0 Å². The van der Waals surface area contributed by atoms with Crippen LogP contribution in [0.2, 0.25) is 10.0 Å². The molecule has 1 amide bonds. The van der Waals surface area contributed by atoms with Gasteiger partial charge >= 0.3 is 5.97 Å². The second-order valence-electron chi connectivity index (χ2n) is 4.69. The minimum Gasteiger partial charge on any atom is -0.467 e. The maximum Gasteiger partial charge on any atom is 0.328 e. The van der Waals surface area contributed by atoms with E-state index in [1.54, 1.807) is 18.2 Å². The molecule has 1 unspecified atom stereocenters. The smallest absolute Gasteiger partial charge is 0.328 e. The quantitative estimate of drug-likeness (QED) is 0.787. The first kappa shape index (κ1) is 15.1. The Kier molecular flexibility index (Phi) is 4.89. The molecule has 1 aromatic carbocycles. The van der Waals surface area contributed by atoms with Crippen LogP contribution in [-0.4, -0.2) is 36.5 Å². The zero-order valence-corrected chi connectivity index (χ0v) is 12.6. The average molecular weight is 316 g/mol. The van der Waals surface area contributed by atoms with Crippen molar-refractivity contribution in [3.63, 3.8) is 0 Å². The summed E-state index contributed by atoms with van der Waals surface area (Å²) in [7, 11) is 1.33. The predicted molar refractivity (Wildman–Crippen MR) is 77.2 cm³/mol. The predicted octanol–water partition coefficient (Wildman–Crippen LogP) is 3.16. The molecule has 1 heterocycles. The molecule has 2 rings (SSSR count). The first-order valence-corrected chi connectivity index (χ1v) is 7.13. The van der Waals surface area contributed by atoms with Crippen LogP contribution in [-0.2, 0) is 9.53 Å². The van der Waals surface area contributed by atoms with E-state index in [9.17, 15) is 9.59 Å². The summed E-state index contributed by atoms with van der Waals surface area (Å²) >= 11 is 11.8. The summed E-state index contributed by atoms with van der Waals surface area (Å²) in [6.45, 7) is 0.530. The van der Waals surface area contributed by atoms with Crippen LogP contribution in [0.3, 0.4) is 0 Å². The maximum atomic E-state index is 12.5. The first-order chi connectivity index (χ1) is 9.52. The van der Waals surface area contributed by atoms with Gasteiger partial charge < -0.3 is 9.64 Å². The lowest BCUT2D eigenvalue weighted by molar-refractivity contribution is -0.147. The molecule has 0 bridgehead atoms. The number of rotatable bonds is 2. The molecule has 1 fully saturated rings. The number of esters is 1. The second kappa shape index (κ2) is 6.46. The summed E-state index contributed by atoms with van der Waals surface area (Å²) in [6, 6.07) is 4.14. The summed E-state index contributed by atoms with van der Waals surface area (Å²) in [5.74, 6) is -0.629. The molecule has 0 aromatic heterocycles. The molecule has 0 N–H and O–H groups in total. The second-order valence-corrected chi connectivity index (χ2v) is 5.56. The van der Waals surface area contributed by atoms with Crippen molar-refractivity contribution in [1.82, 2.24) is 4.90 Å². The van der Waals surface area contributed by atoms with Crippen molar-refractivity contribution in [2.24, 2.45) is 0 Å². The molecular formula is C14H15Cl2NO3. The Labute approximate surface area is 127 Å². The van der Waals surface area contributed by atoms with Gasteiger partial charge in [-0.1, -0.05) is 23.2 Å². The standard InChI is InChI=1S/C14H15Cl2NO3/c1-20-14(19)12-4-2-3-5-17(12)13(18)9-6-10(15)8-11(16)7-9/h6-8,12H,2-5H2,1H3. The van der Waals surface area contributed by atoms with E-state index >= 15 is 0 Å². The highest BCUT2D eigenvalue weighted by atomic mass is 35.5. The van der Waals surface area contributed by atoms with E-state index in [1.165, 1.54) is 12.0 Å². The van der Waals surface area contributed by atoms with Crippen molar-refractivity contribution in [2.75, 3.05) is 13.7 Å². The SMILES string of the molecule is COC(=O)C1CCCCN1C(=O)c1cc(Cl)cc(Cl)c1. The minimum absolute atomic E-state index is 0.246. The Morgan fingerprint density at radius 3 is 2.45 bits per heavy atom. The number of ether oxygens (including phenoxy) is 1. The molecule has 1 aliphatic rings. The van der Waals surface area contributed by atoms with Crippen LogP contribution in [0.1, 0.15) is 29.6 Å². The fourth-order valence-electron chi connectivity index (χ4n) is 2.40. The molecular weight excluding hydrogens is 301 g/mol. The van der Waals surface area contributed by atoms with Crippen molar-refractivity contribution >= 4 is 35.1 Å². The van der Waals surface area contributed by atoms with Gasteiger partial charge in [0, 0.05) is 22.2 Å². The highest BCUT2D eigenvalue weighted by Gasteiger charge is 2.33. The van der Waals surface area contributed by atoms with Gasteiger partial charge in [0.05, 0.1) is 7.11 Å². The fraction of sp³-hybridized carbons (Fsp3) is 0.429. The van der Waals surface area contributed by atoms with Crippen molar-refractivity contribution < 1.29 is 14.3 Å². The van der Waals surface area contributed by atoms with Crippen LogP contribution in [0.25, 0.3) is 0 Å². The van der Waals surface area contributed by atoms with Crippen molar-refractivity contribution in [2.45, 2.75) is 25.3 Å². The molecule has 0 aliphatic carbocycles. The maximum absolute atomic E-state index is 12.5. The van der Waals surface area contributed by atoms with E-state index in [0.29, 0.717) is 28.6 Å². The molecule has 1 aliphatic heterocycles. The molecule has 20 heavy (non-hydrogen) atoms. The highest BCUT2D eigenvalue weighted by molar-refractivity contribution is 6.35. The number of carbonyl (C=O) groups excluding carboxylic acids is 2. The van der Waals surface area contributed by atoms with Crippen LogP contribution < -0.4 is 0 Å². The van der Waals surface area contributed by atoms with Crippen molar-refractivity contribution in [3.8, 4) is 0 Å². The number of carbonyl (C=O) groups is 2. The molecule has 1 aromatic rings. The van der Waals surface area contributed by atoms with E-state index in [0.717, 1.165) is 12.8 Å². The molecule has 6 heteroatoms. The number of hydrogen-bond acceptors (Lipinski definition) is 3. The molecule has 1 saturated heterocycles. The third kappa shape index (κ3) is 3.25. The molecule has 4 nitrogen and oxygen atoms in total. The Bertz CT molecular complexity index is 513. The third-order valence-corrected chi connectivity index (χ3v) is 3.78. The monoisotopic (exact) mass is 315 g/mol. The van der Waals surface area contributed by atoms with Gasteiger partial charge in [-0.05, 0) is 37.5 Å². The summed E-state index contributed by atoms with van der Waals surface area (Å²) < 4.78 is 4.77. The zero-order valence-electron chi connectivity index (χ0n) is 11.1. The number of methoxy groups -OCH3 is 1. The summed E-state index contributed by atoms with van der Waals surface area (Å²) in [5.41, 5.74) is 0.387. The van der Waals surface area contributed by atoms with Gasteiger partial charge in [-0.25, -0.2) is 4.79 Å². The number of piperidine rings is 1. The number of likely N-dealkylation sites (tertiary alicyclic amines) is 1. The number of benzene rings is 1. The molecule has 108 valence electrons. The van der Waals surface area contributed by atoms with E-state index in [-0.39, 0.29) is 11.9 Å². The first-order valence-electron chi connectivity index (χ1n) is 6.38. The van der Waals surface area contributed by atoms with Gasteiger partial charge in [0.1, 0.15) is 6.04 Å². The van der Waals surface area contributed by atoms with Crippen molar-refractivity contribution in [3.05, 3.63) is 33.8 Å². The number of amides is 1. The lowest BCUT2D eigenvalue weighted by atomic mass is 10.0. The van der Waals surface area contributed by atoms with Gasteiger partial charge in [0.25, 0.3) is 5.91 Å². The molecule has 0 saturated carbocycles. The average Bonchev–Trinajstić information content (AvgIpc) is 2.44. The minimum atomic E-state index is -0.529. The van der Waals surface area contributed by atoms with Crippen LogP contribution in [0.4, 0.5) is 0 Å².